The fourth-order valence-electron chi connectivity index (χ4n) is 2.18. The molecular weight excluding hydrogens is 344 g/mol. The van der Waals surface area contributed by atoms with E-state index in [1.165, 1.54) is 30.2 Å². The lowest BCUT2D eigenvalue weighted by molar-refractivity contribution is -0.146. The van der Waals surface area contributed by atoms with E-state index in [9.17, 15) is 18.0 Å². The Labute approximate surface area is 148 Å². The Kier molecular flexibility index (Phi) is 7.32. The molecule has 25 heavy (non-hydrogen) atoms. The number of hydrogen-bond acceptors (Lipinski definition) is 5. The number of methoxy groups -OCH3 is 1. The van der Waals surface area contributed by atoms with Crippen molar-refractivity contribution >= 4 is 21.9 Å². The van der Waals surface area contributed by atoms with Crippen molar-refractivity contribution in [2.24, 2.45) is 11.1 Å². The monoisotopic (exact) mass is 368 g/mol. The lowest BCUT2D eigenvalue weighted by Gasteiger charge is -2.24. The molecule has 1 unspecified atom stereocenters. The van der Waals surface area contributed by atoms with E-state index in [0.717, 1.165) is 11.1 Å². The number of benzene rings is 1. The lowest BCUT2D eigenvalue weighted by Crippen LogP contribution is -2.36. The molecule has 1 amide bonds. The molecule has 0 aliphatic rings. The molecule has 138 valence electrons. The summed E-state index contributed by atoms with van der Waals surface area (Å²) in [7, 11) is -2.47. The SMILES string of the molecule is COC(=O)C(C)CN(Cc1ccc(S(N)(=O)=O)cc1)C(=O)C=C(C)C. The maximum absolute atomic E-state index is 12.4. The molecule has 0 aliphatic heterocycles. The molecule has 0 heterocycles. The predicted molar refractivity (Wildman–Crippen MR) is 93.8 cm³/mol. The summed E-state index contributed by atoms with van der Waals surface area (Å²) in [6, 6.07) is 5.95. The molecule has 0 bridgehead atoms. The summed E-state index contributed by atoms with van der Waals surface area (Å²) in [5.74, 6) is -1.12. The van der Waals surface area contributed by atoms with Gasteiger partial charge in [-0.2, -0.15) is 0 Å². The number of esters is 1. The van der Waals surface area contributed by atoms with Crippen LogP contribution in [0.25, 0.3) is 0 Å². The van der Waals surface area contributed by atoms with Gasteiger partial charge in [0.05, 0.1) is 17.9 Å². The summed E-state index contributed by atoms with van der Waals surface area (Å²) in [6.45, 7) is 5.71. The molecule has 0 aromatic heterocycles. The van der Waals surface area contributed by atoms with E-state index in [-0.39, 0.29) is 23.9 Å². The van der Waals surface area contributed by atoms with Crippen LogP contribution < -0.4 is 5.14 Å². The highest BCUT2D eigenvalue weighted by Crippen LogP contribution is 2.13. The highest BCUT2D eigenvalue weighted by molar-refractivity contribution is 7.89. The smallest absolute Gasteiger partial charge is 0.310 e. The van der Waals surface area contributed by atoms with Crippen LogP contribution in [0.5, 0.6) is 0 Å². The minimum Gasteiger partial charge on any atom is -0.469 e. The van der Waals surface area contributed by atoms with Crippen LogP contribution in [0.15, 0.2) is 40.8 Å². The van der Waals surface area contributed by atoms with Gasteiger partial charge in [-0.25, -0.2) is 13.6 Å². The van der Waals surface area contributed by atoms with Crippen LogP contribution >= 0.6 is 0 Å². The number of carbonyl (C=O) groups excluding carboxylic acids is 2. The third kappa shape index (κ3) is 6.67. The number of nitrogens with zero attached hydrogens (tertiary/aromatic N) is 1. The number of nitrogens with two attached hydrogens (primary N) is 1. The van der Waals surface area contributed by atoms with Crippen molar-refractivity contribution in [2.75, 3.05) is 13.7 Å². The van der Waals surface area contributed by atoms with Gasteiger partial charge in [0.1, 0.15) is 0 Å². The summed E-state index contributed by atoms with van der Waals surface area (Å²) in [5, 5.41) is 5.07. The highest BCUT2D eigenvalue weighted by atomic mass is 32.2. The van der Waals surface area contributed by atoms with E-state index in [0.29, 0.717) is 0 Å². The molecule has 0 saturated carbocycles. The van der Waals surface area contributed by atoms with Crippen LogP contribution in [0.4, 0.5) is 0 Å². The van der Waals surface area contributed by atoms with Gasteiger partial charge in [0.2, 0.25) is 15.9 Å². The average Bonchev–Trinajstić information content (AvgIpc) is 2.52. The van der Waals surface area contributed by atoms with Crippen LogP contribution in [0.3, 0.4) is 0 Å². The predicted octanol–water partition coefficient (Wildman–Crippen LogP) is 1.44. The first-order chi connectivity index (χ1) is 11.5. The first-order valence-corrected chi connectivity index (χ1v) is 9.22. The van der Waals surface area contributed by atoms with Gasteiger partial charge < -0.3 is 9.64 Å². The van der Waals surface area contributed by atoms with E-state index >= 15 is 0 Å². The molecule has 1 atom stereocenters. The third-order valence-corrected chi connectivity index (χ3v) is 4.38. The Morgan fingerprint density at radius 1 is 1.24 bits per heavy atom. The van der Waals surface area contributed by atoms with E-state index in [4.69, 9.17) is 9.88 Å². The number of amides is 1. The normalized spacial score (nSPS) is 12.2. The van der Waals surface area contributed by atoms with E-state index in [1.54, 1.807) is 32.9 Å². The van der Waals surface area contributed by atoms with Gasteiger partial charge in [-0.15, -0.1) is 0 Å². The van der Waals surface area contributed by atoms with E-state index < -0.39 is 21.9 Å². The second-order valence-electron chi connectivity index (χ2n) is 6.05. The summed E-state index contributed by atoms with van der Waals surface area (Å²) < 4.78 is 27.3. The zero-order valence-electron chi connectivity index (χ0n) is 14.9. The lowest BCUT2D eigenvalue weighted by atomic mass is 10.1. The Morgan fingerprint density at radius 3 is 2.24 bits per heavy atom. The summed E-state index contributed by atoms with van der Waals surface area (Å²) in [4.78, 5) is 25.6. The minimum atomic E-state index is -3.77. The van der Waals surface area contributed by atoms with Gasteiger partial charge >= 0.3 is 5.97 Å². The van der Waals surface area contributed by atoms with Gasteiger partial charge in [-0.3, -0.25) is 9.59 Å². The Hall–Kier alpha value is -2.19. The van der Waals surface area contributed by atoms with E-state index in [2.05, 4.69) is 0 Å². The van der Waals surface area contributed by atoms with Gasteiger partial charge in [0, 0.05) is 19.2 Å². The van der Waals surface area contributed by atoms with Crippen molar-refractivity contribution in [1.82, 2.24) is 4.90 Å². The molecule has 0 saturated heterocycles. The first kappa shape index (κ1) is 20.9. The third-order valence-electron chi connectivity index (χ3n) is 3.45. The molecular formula is C17H24N2O5S. The fraction of sp³-hybridized carbons (Fsp3) is 0.412. The molecule has 0 spiro atoms. The number of sulfonamides is 1. The summed E-state index contributed by atoms with van der Waals surface area (Å²) in [6.07, 6.45) is 1.49. The molecule has 0 radical (unpaired) electrons. The van der Waals surface area contributed by atoms with Gasteiger partial charge in [0.25, 0.3) is 0 Å². The number of hydrogen-bond donors (Lipinski definition) is 1. The maximum Gasteiger partial charge on any atom is 0.310 e. The van der Waals surface area contributed by atoms with Crippen LogP contribution in [0.2, 0.25) is 0 Å². The molecule has 8 heteroatoms. The standard InChI is InChI=1S/C17H24N2O5S/c1-12(2)9-16(20)19(10-13(3)17(21)24-4)11-14-5-7-15(8-6-14)25(18,22)23/h5-9,13H,10-11H2,1-4H3,(H2,18,22,23). The molecule has 1 aromatic rings. The molecule has 7 nitrogen and oxygen atoms in total. The largest absolute Gasteiger partial charge is 0.469 e. The summed E-state index contributed by atoms with van der Waals surface area (Å²) >= 11 is 0. The average molecular weight is 368 g/mol. The Morgan fingerprint density at radius 2 is 1.80 bits per heavy atom. The van der Waals surface area contributed by atoms with Crippen molar-refractivity contribution in [2.45, 2.75) is 32.2 Å². The van der Waals surface area contributed by atoms with Gasteiger partial charge in [-0.1, -0.05) is 24.6 Å². The first-order valence-electron chi connectivity index (χ1n) is 7.68. The highest BCUT2D eigenvalue weighted by Gasteiger charge is 2.21. The van der Waals surface area contributed by atoms with Gasteiger partial charge in [-0.05, 0) is 31.5 Å². The molecule has 0 fully saturated rings. The zero-order valence-corrected chi connectivity index (χ0v) is 15.7. The van der Waals surface area contributed by atoms with Crippen LogP contribution in [-0.4, -0.2) is 38.8 Å². The van der Waals surface area contributed by atoms with Crippen molar-refractivity contribution in [3.05, 3.63) is 41.5 Å². The number of primary sulfonamides is 1. The number of ether oxygens (including phenoxy) is 1. The zero-order chi connectivity index (χ0) is 19.2. The maximum atomic E-state index is 12.4. The molecule has 2 N–H and O–H groups in total. The second-order valence-corrected chi connectivity index (χ2v) is 7.62. The number of allylic oxidation sites excluding steroid dienone is 1. The number of rotatable bonds is 7. The van der Waals surface area contributed by atoms with E-state index in [1.807, 2.05) is 0 Å². The molecule has 0 aliphatic carbocycles. The Balaban J connectivity index is 3.01. The van der Waals surface area contributed by atoms with Crippen molar-refractivity contribution in [3.8, 4) is 0 Å². The minimum absolute atomic E-state index is 0.00125. The molecule has 1 aromatic carbocycles. The fourth-order valence-corrected chi connectivity index (χ4v) is 2.70. The van der Waals surface area contributed by atoms with Crippen molar-refractivity contribution in [3.63, 3.8) is 0 Å². The second kappa shape index (κ2) is 8.77. The number of carbonyl (C=O) groups is 2. The van der Waals surface area contributed by atoms with Crippen LogP contribution in [0, 0.1) is 5.92 Å². The van der Waals surface area contributed by atoms with Gasteiger partial charge in [0.15, 0.2) is 0 Å². The van der Waals surface area contributed by atoms with Crippen molar-refractivity contribution in [1.29, 1.82) is 0 Å². The quantitative estimate of drug-likeness (QED) is 0.579. The Bertz CT molecular complexity index is 750. The molecule has 1 rings (SSSR count). The van der Waals surface area contributed by atoms with Crippen LogP contribution in [-0.2, 0) is 30.9 Å². The summed E-state index contributed by atoms with van der Waals surface area (Å²) in [5.41, 5.74) is 1.56. The van der Waals surface area contributed by atoms with Crippen LogP contribution in [0.1, 0.15) is 26.3 Å². The topological polar surface area (TPSA) is 107 Å². The van der Waals surface area contributed by atoms with Crippen molar-refractivity contribution < 1.29 is 22.7 Å².